The van der Waals surface area contributed by atoms with E-state index in [1.165, 1.54) is 5.56 Å². The van der Waals surface area contributed by atoms with Crippen molar-refractivity contribution in [3.05, 3.63) is 23.3 Å². The van der Waals surface area contributed by atoms with Gasteiger partial charge in [0.2, 0.25) is 5.91 Å². The average molecular weight is 275 g/mol. The van der Waals surface area contributed by atoms with Crippen molar-refractivity contribution >= 4 is 5.91 Å². The Hall–Kier alpha value is -1.49. The summed E-state index contributed by atoms with van der Waals surface area (Å²) >= 11 is 0. The molecule has 2 aliphatic heterocycles. The number of rotatable bonds is 1. The number of nitrogens with zero attached hydrogens (tertiary/aromatic N) is 3. The zero-order valence-electron chi connectivity index (χ0n) is 12.0. The van der Waals surface area contributed by atoms with E-state index in [-0.39, 0.29) is 5.92 Å². The average Bonchev–Trinajstić information content (AvgIpc) is 2.71. The summed E-state index contributed by atoms with van der Waals surface area (Å²) in [7, 11) is 0. The first-order chi connectivity index (χ1) is 9.75. The molecular weight excluding hydrogens is 254 g/mol. The normalized spacial score (nSPS) is 20.4. The molecule has 5 nitrogen and oxygen atoms in total. The minimum atomic E-state index is 0.150. The van der Waals surface area contributed by atoms with Crippen molar-refractivity contribution in [2.24, 2.45) is 5.92 Å². The van der Waals surface area contributed by atoms with Gasteiger partial charge in [-0.1, -0.05) is 0 Å². The van der Waals surface area contributed by atoms with Crippen LogP contribution < -0.4 is 0 Å². The molecule has 0 atom stereocenters. The fourth-order valence-corrected chi connectivity index (χ4v) is 3.11. The molecule has 5 heteroatoms. The van der Waals surface area contributed by atoms with Crippen LogP contribution in [0.25, 0.3) is 0 Å². The standard InChI is InChI=1S/C15H21N3O2/c1-11-13-2-6-18(7-3-14(13)17-10-16-11)15(19)12-4-8-20-9-5-12/h10,12H,2-9H2,1H3. The van der Waals surface area contributed by atoms with Gasteiger partial charge in [-0.2, -0.15) is 0 Å². The number of hydrogen-bond donors (Lipinski definition) is 0. The van der Waals surface area contributed by atoms with Crippen LogP contribution >= 0.6 is 0 Å². The Kier molecular flexibility index (Phi) is 3.96. The number of fused-ring (bicyclic) bond motifs is 1. The molecule has 0 radical (unpaired) electrons. The number of carbonyl (C=O) groups excluding carboxylic acids is 1. The highest BCUT2D eigenvalue weighted by Crippen LogP contribution is 2.21. The molecule has 0 aromatic carbocycles. The Morgan fingerprint density at radius 2 is 2.00 bits per heavy atom. The van der Waals surface area contributed by atoms with Crippen LogP contribution in [0.2, 0.25) is 0 Å². The molecule has 3 rings (SSSR count). The maximum atomic E-state index is 12.6. The molecular formula is C15H21N3O2. The Balaban J connectivity index is 1.69. The van der Waals surface area contributed by atoms with Gasteiger partial charge in [-0.15, -0.1) is 0 Å². The van der Waals surface area contributed by atoms with Crippen LogP contribution in [0.5, 0.6) is 0 Å². The molecule has 1 fully saturated rings. The van der Waals surface area contributed by atoms with Gasteiger partial charge in [-0.3, -0.25) is 4.79 Å². The van der Waals surface area contributed by atoms with Gasteiger partial charge >= 0.3 is 0 Å². The Morgan fingerprint density at radius 3 is 2.80 bits per heavy atom. The number of ether oxygens (including phenoxy) is 1. The highest BCUT2D eigenvalue weighted by Gasteiger charge is 2.28. The number of aryl methyl sites for hydroxylation is 1. The highest BCUT2D eigenvalue weighted by molar-refractivity contribution is 5.79. The SMILES string of the molecule is Cc1ncnc2c1CCN(C(=O)C1CCOCC1)CC2. The molecule has 1 amide bonds. The topological polar surface area (TPSA) is 55.3 Å². The van der Waals surface area contributed by atoms with Crippen molar-refractivity contribution in [3.8, 4) is 0 Å². The summed E-state index contributed by atoms with van der Waals surface area (Å²) in [5.41, 5.74) is 3.39. The molecule has 0 N–H and O–H groups in total. The van der Waals surface area contributed by atoms with Gasteiger partial charge in [0.25, 0.3) is 0 Å². The number of aromatic nitrogens is 2. The molecule has 3 heterocycles. The van der Waals surface area contributed by atoms with Crippen molar-refractivity contribution in [1.29, 1.82) is 0 Å². The molecule has 0 saturated carbocycles. The van der Waals surface area contributed by atoms with Crippen LogP contribution in [-0.4, -0.2) is 47.1 Å². The van der Waals surface area contributed by atoms with E-state index < -0.39 is 0 Å². The second kappa shape index (κ2) is 5.87. The summed E-state index contributed by atoms with van der Waals surface area (Å²) in [6.07, 6.45) is 5.07. The third-order valence-corrected chi connectivity index (χ3v) is 4.38. The van der Waals surface area contributed by atoms with Gasteiger partial charge in [0.1, 0.15) is 6.33 Å². The molecule has 20 heavy (non-hydrogen) atoms. The van der Waals surface area contributed by atoms with Crippen molar-refractivity contribution in [3.63, 3.8) is 0 Å². The minimum Gasteiger partial charge on any atom is -0.381 e. The highest BCUT2D eigenvalue weighted by atomic mass is 16.5. The molecule has 2 aliphatic rings. The number of hydrogen-bond acceptors (Lipinski definition) is 4. The van der Waals surface area contributed by atoms with Gasteiger partial charge in [0.15, 0.2) is 0 Å². The summed E-state index contributed by atoms with van der Waals surface area (Å²) in [5, 5.41) is 0. The van der Waals surface area contributed by atoms with Crippen molar-refractivity contribution < 1.29 is 9.53 Å². The van der Waals surface area contributed by atoms with E-state index in [0.29, 0.717) is 5.91 Å². The monoisotopic (exact) mass is 275 g/mol. The van der Waals surface area contributed by atoms with Crippen molar-refractivity contribution in [1.82, 2.24) is 14.9 Å². The van der Waals surface area contributed by atoms with Gasteiger partial charge in [0.05, 0.1) is 0 Å². The molecule has 108 valence electrons. The first kappa shape index (κ1) is 13.5. The minimum absolute atomic E-state index is 0.150. The predicted octanol–water partition coefficient (Wildman–Crippen LogP) is 1.14. The van der Waals surface area contributed by atoms with Crippen molar-refractivity contribution in [2.45, 2.75) is 32.6 Å². The van der Waals surface area contributed by atoms with Gasteiger partial charge < -0.3 is 9.64 Å². The van der Waals surface area contributed by atoms with Crippen LogP contribution in [0.1, 0.15) is 29.8 Å². The Labute approximate surface area is 119 Å². The van der Waals surface area contributed by atoms with E-state index in [0.717, 1.165) is 63.4 Å². The zero-order chi connectivity index (χ0) is 13.9. The number of amides is 1. The van der Waals surface area contributed by atoms with Crippen LogP contribution in [0.15, 0.2) is 6.33 Å². The second-order valence-corrected chi connectivity index (χ2v) is 5.60. The summed E-state index contributed by atoms with van der Waals surface area (Å²) < 4.78 is 5.34. The van der Waals surface area contributed by atoms with E-state index in [4.69, 9.17) is 4.74 Å². The lowest BCUT2D eigenvalue weighted by atomic mass is 9.98. The van der Waals surface area contributed by atoms with E-state index in [1.807, 2.05) is 11.8 Å². The summed E-state index contributed by atoms with van der Waals surface area (Å²) in [4.78, 5) is 23.2. The third kappa shape index (κ3) is 2.68. The van der Waals surface area contributed by atoms with E-state index in [2.05, 4.69) is 9.97 Å². The lowest BCUT2D eigenvalue weighted by Crippen LogP contribution is -2.40. The summed E-state index contributed by atoms with van der Waals surface area (Å²) in [5.74, 6) is 0.448. The summed E-state index contributed by atoms with van der Waals surface area (Å²) in [6, 6.07) is 0. The first-order valence-corrected chi connectivity index (χ1v) is 7.41. The second-order valence-electron chi connectivity index (χ2n) is 5.60. The van der Waals surface area contributed by atoms with Crippen LogP contribution in [0.3, 0.4) is 0 Å². The quantitative estimate of drug-likeness (QED) is 0.771. The Morgan fingerprint density at radius 1 is 1.25 bits per heavy atom. The van der Waals surface area contributed by atoms with Crippen LogP contribution in [0, 0.1) is 12.8 Å². The predicted molar refractivity (Wildman–Crippen MR) is 74.3 cm³/mol. The van der Waals surface area contributed by atoms with E-state index in [1.54, 1.807) is 6.33 Å². The third-order valence-electron chi connectivity index (χ3n) is 4.38. The van der Waals surface area contributed by atoms with E-state index in [9.17, 15) is 4.79 Å². The maximum Gasteiger partial charge on any atom is 0.225 e. The van der Waals surface area contributed by atoms with Crippen LogP contribution in [-0.2, 0) is 22.4 Å². The fraction of sp³-hybridized carbons (Fsp3) is 0.667. The van der Waals surface area contributed by atoms with Gasteiger partial charge in [-0.05, 0) is 31.7 Å². The molecule has 0 spiro atoms. The molecule has 0 aliphatic carbocycles. The molecule has 1 aromatic heterocycles. The van der Waals surface area contributed by atoms with Gasteiger partial charge in [0, 0.05) is 50.0 Å². The molecule has 1 saturated heterocycles. The smallest absolute Gasteiger partial charge is 0.225 e. The fourth-order valence-electron chi connectivity index (χ4n) is 3.11. The van der Waals surface area contributed by atoms with E-state index >= 15 is 0 Å². The lowest BCUT2D eigenvalue weighted by Gasteiger charge is -2.28. The lowest BCUT2D eigenvalue weighted by molar-refractivity contribution is -0.138. The summed E-state index contributed by atoms with van der Waals surface area (Å²) in [6.45, 7) is 5.03. The first-order valence-electron chi connectivity index (χ1n) is 7.41. The largest absolute Gasteiger partial charge is 0.381 e. The molecule has 0 bridgehead atoms. The zero-order valence-corrected chi connectivity index (χ0v) is 12.0. The van der Waals surface area contributed by atoms with Gasteiger partial charge in [-0.25, -0.2) is 9.97 Å². The molecule has 1 aromatic rings. The molecule has 0 unspecified atom stereocenters. The maximum absolute atomic E-state index is 12.6. The number of carbonyl (C=O) groups is 1. The van der Waals surface area contributed by atoms with Crippen LogP contribution in [0.4, 0.5) is 0 Å². The van der Waals surface area contributed by atoms with Crippen molar-refractivity contribution in [2.75, 3.05) is 26.3 Å². The Bertz CT molecular complexity index is 498.